The van der Waals surface area contributed by atoms with Crippen LogP contribution in [0.3, 0.4) is 0 Å². The average Bonchev–Trinajstić information content (AvgIpc) is 3.28. The van der Waals surface area contributed by atoms with E-state index in [1.807, 2.05) is 17.5 Å². The van der Waals surface area contributed by atoms with Gasteiger partial charge in [-0.3, -0.25) is 0 Å². The van der Waals surface area contributed by atoms with Crippen molar-refractivity contribution in [2.24, 2.45) is 5.10 Å². The van der Waals surface area contributed by atoms with Gasteiger partial charge in [0.1, 0.15) is 5.75 Å². The Morgan fingerprint density at radius 2 is 1.88 bits per heavy atom. The van der Waals surface area contributed by atoms with Crippen molar-refractivity contribution in [3.63, 3.8) is 0 Å². The highest BCUT2D eigenvalue weighted by Gasteiger charge is 2.12. The topological polar surface area (TPSA) is 73.7 Å². The summed E-state index contributed by atoms with van der Waals surface area (Å²) >= 11 is 6.83. The first kappa shape index (κ1) is 17.2. The number of rotatable bonds is 6. The van der Waals surface area contributed by atoms with E-state index in [1.54, 1.807) is 55.7 Å². The van der Waals surface area contributed by atoms with E-state index in [0.717, 1.165) is 10.4 Å². The van der Waals surface area contributed by atoms with Gasteiger partial charge < -0.3 is 14.2 Å². The molecule has 0 fully saturated rings. The largest absolute Gasteiger partial charge is 0.496 e. The maximum absolute atomic E-state index is 5.41. The van der Waals surface area contributed by atoms with Crippen LogP contribution in [0.25, 0.3) is 10.7 Å². The lowest BCUT2D eigenvalue weighted by atomic mass is 10.2. The molecule has 130 valence electrons. The smallest absolute Gasteiger partial charge is 0.216 e. The normalized spacial score (nSPS) is 11.0. The fourth-order valence-electron chi connectivity index (χ4n) is 2.24. The molecular formula is C16H16N4O3S2. The van der Waals surface area contributed by atoms with E-state index in [0.29, 0.717) is 27.8 Å². The molecule has 0 bridgehead atoms. The third-order valence-electron chi connectivity index (χ3n) is 3.44. The Bertz CT molecular complexity index is 945. The van der Waals surface area contributed by atoms with Crippen molar-refractivity contribution < 1.29 is 14.2 Å². The molecule has 0 aliphatic heterocycles. The molecule has 1 N–H and O–H groups in total. The van der Waals surface area contributed by atoms with Crippen molar-refractivity contribution in [1.29, 1.82) is 0 Å². The second-order valence-corrected chi connectivity index (χ2v) is 6.17. The molecule has 7 nitrogen and oxygen atoms in total. The maximum atomic E-state index is 5.41. The molecule has 2 heterocycles. The van der Waals surface area contributed by atoms with E-state index >= 15 is 0 Å². The van der Waals surface area contributed by atoms with Gasteiger partial charge in [0.25, 0.3) is 0 Å². The SMILES string of the molecule is COc1cc(OC)c(OC)cc1/C=N\n1c(-c2cccs2)n[nH]c1=S. The molecule has 0 aliphatic carbocycles. The summed E-state index contributed by atoms with van der Waals surface area (Å²) in [6.45, 7) is 0. The van der Waals surface area contributed by atoms with Gasteiger partial charge in [0.2, 0.25) is 4.77 Å². The van der Waals surface area contributed by atoms with Crippen LogP contribution in [0, 0.1) is 4.77 Å². The number of hydrogen-bond acceptors (Lipinski definition) is 7. The summed E-state index contributed by atoms with van der Waals surface area (Å²) in [5, 5.41) is 13.4. The van der Waals surface area contributed by atoms with Gasteiger partial charge in [0.05, 0.1) is 32.4 Å². The highest BCUT2D eigenvalue weighted by Crippen LogP contribution is 2.34. The van der Waals surface area contributed by atoms with Crippen LogP contribution in [0.2, 0.25) is 0 Å². The molecule has 0 atom stereocenters. The van der Waals surface area contributed by atoms with E-state index in [9.17, 15) is 0 Å². The summed E-state index contributed by atoms with van der Waals surface area (Å²) < 4.78 is 18.0. The maximum Gasteiger partial charge on any atom is 0.216 e. The fraction of sp³-hybridized carbons (Fsp3) is 0.188. The highest BCUT2D eigenvalue weighted by molar-refractivity contribution is 7.71. The predicted octanol–water partition coefficient (Wildman–Crippen LogP) is 3.58. The van der Waals surface area contributed by atoms with Crippen molar-refractivity contribution in [3.8, 4) is 28.0 Å². The van der Waals surface area contributed by atoms with Gasteiger partial charge in [-0.15, -0.1) is 11.3 Å². The molecule has 9 heteroatoms. The number of thiophene rings is 1. The van der Waals surface area contributed by atoms with E-state index < -0.39 is 0 Å². The molecular weight excluding hydrogens is 360 g/mol. The van der Waals surface area contributed by atoms with Crippen LogP contribution in [-0.4, -0.2) is 42.4 Å². The van der Waals surface area contributed by atoms with Gasteiger partial charge in [-0.25, -0.2) is 5.10 Å². The predicted molar refractivity (Wildman–Crippen MR) is 99.8 cm³/mol. The summed E-state index contributed by atoms with van der Waals surface area (Å²) in [5.74, 6) is 2.42. The van der Waals surface area contributed by atoms with Crippen LogP contribution in [0.4, 0.5) is 0 Å². The number of ether oxygens (including phenoxy) is 3. The Kier molecular flexibility index (Phi) is 5.15. The first-order chi connectivity index (χ1) is 12.2. The minimum atomic E-state index is 0.402. The van der Waals surface area contributed by atoms with Crippen LogP contribution in [-0.2, 0) is 0 Å². The number of nitrogens with zero attached hydrogens (tertiary/aromatic N) is 3. The van der Waals surface area contributed by atoms with Crippen LogP contribution < -0.4 is 14.2 Å². The van der Waals surface area contributed by atoms with Crippen LogP contribution in [0.15, 0.2) is 34.7 Å². The molecule has 0 spiro atoms. The number of hydrogen-bond donors (Lipinski definition) is 1. The molecule has 3 rings (SSSR count). The average molecular weight is 376 g/mol. The highest BCUT2D eigenvalue weighted by atomic mass is 32.1. The van der Waals surface area contributed by atoms with Crippen molar-refractivity contribution in [2.45, 2.75) is 0 Å². The Balaban J connectivity index is 2.03. The molecule has 0 saturated carbocycles. The first-order valence-electron chi connectivity index (χ1n) is 7.23. The molecule has 0 saturated heterocycles. The van der Waals surface area contributed by atoms with Gasteiger partial charge in [0.15, 0.2) is 17.3 Å². The van der Waals surface area contributed by atoms with Gasteiger partial charge in [-0.05, 0) is 29.7 Å². The lowest BCUT2D eigenvalue weighted by molar-refractivity contribution is 0.349. The zero-order valence-electron chi connectivity index (χ0n) is 13.8. The molecule has 0 aliphatic rings. The lowest BCUT2D eigenvalue weighted by Crippen LogP contribution is -1.98. The summed E-state index contributed by atoms with van der Waals surface area (Å²) in [6.07, 6.45) is 1.64. The minimum Gasteiger partial charge on any atom is -0.496 e. The summed E-state index contributed by atoms with van der Waals surface area (Å²) in [6, 6.07) is 7.44. The second kappa shape index (κ2) is 7.49. The van der Waals surface area contributed by atoms with Crippen LogP contribution in [0.5, 0.6) is 17.2 Å². The van der Waals surface area contributed by atoms with Crippen molar-refractivity contribution in [1.82, 2.24) is 14.9 Å². The number of aromatic nitrogens is 3. The van der Waals surface area contributed by atoms with Crippen molar-refractivity contribution >= 4 is 29.8 Å². The molecule has 0 amide bonds. The zero-order valence-corrected chi connectivity index (χ0v) is 15.5. The molecule has 0 unspecified atom stereocenters. The summed E-state index contributed by atoms with van der Waals surface area (Å²) in [7, 11) is 4.73. The van der Waals surface area contributed by atoms with E-state index in [1.165, 1.54) is 0 Å². The number of aromatic amines is 1. The molecule has 2 aromatic heterocycles. The third kappa shape index (κ3) is 3.42. The number of H-pyrrole nitrogens is 1. The van der Waals surface area contributed by atoms with E-state index in [4.69, 9.17) is 26.4 Å². The molecule has 3 aromatic rings. The Morgan fingerprint density at radius 3 is 2.52 bits per heavy atom. The van der Waals surface area contributed by atoms with Crippen LogP contribution in [0.1, 0.15) is 5.56 Å². The summed E-state index contributed by atoms with van der Waals surface area (Å²) in [4.78, 5) is 0.962. The van der Waals surface area contributed by atoms with Gasteiger partial charge in [0, 0.05) is 11.6 Å². The van der Waals surface area contributed by atoms with Gasteiger partial charge in [-0.1, -0.05) is 6.07 Å². The van der Waals surface area contributed by atoms with Crippen molar-refractivity contribution in [3.05, 3.63) is 40.0 Å². The Morgan fingerprint density at radius 1 is 1.16 bits per heavy atom. The molecule has 0 radical (unpaired) electrons. The van der Waals surface area contributed by atoms with Gasteiger partial charge >= 0.3 is 0 Å². The molecule has 1 aromatic carbocycles. The number of methoxy groups -OCH3 is 3. The quantitative estimate of drug-likeness (QED) is 0.526. The first-order valence-corrected chi connectivity index (χ1v) is 8.52. The number of nitrogens with one attached hydrogen (secondary N) is 1. The Hall–Kier alpha value is -2.65. The monoisotopic (exact) mass is 376 g/mol. The lowest BCUT2D eigenvalue weighted by Gasteiger charge is -2.11. The van der Waals surface area contributed by atoms with E-state index in [-0.39, 0.29) is 0 Å². The molecule has 25 heavy (non-hydrogen) atoms. The van der Waals surface area contributed by atoms with Gasteiger partial charge in [-0.2, -0.15) is 14.9 Å². The summed E-state index contributed by atoms with van der Waals surface area (Å²) in [5.41, 5.74) is 0.723. The minimum absolute atomic E-state index is 0.402. The number of benzene rings is 1. The standard InChI is InChI=1S/C16H16N4O3S2/c1-21-11-8-13(23-3)12(22-2)7-10(11)9-17-20-15(18-19-16(20)24)14-5-4-6-25-14/h4-9H,1-3H3,(H,19,24)/b17-9-. The van der Waals surface area contributed by atoms with Crippen molar-refractivity contribution in [2.75, 3.05) is 21.3 Å². The Labute approximate surface area is 153 Å². The van der Waals surface area contributed by atoms with E-state index in [2.05, 4.69) is 15.3 Å². The fourth-order valence-corrected chi connectivity index (χ4v) is 3.12. The second-order valence-electron chi connectivity index (χ2n) is 4.84. The van der Waals surface area contributed by atoms with Crippen LogP contribution >= 0.6 is 23.6 Å². The third-order valence-corrected chi connectivity index (χ3v) is 4.57. The zero-order chi connectivity index (χ0) is 17.8.